The quantitative estimate of drug-likeness (QED) is 0.339. The van der Waals surface area contributed by atoms with Crippen LogP contribution in [-0.4, -0.2) is 77.9 Å². The van der Waals surface area contributed by atoms with Crippen molar-refractivity contribution in [1.82, 2.24) is 4.90 Å². The van der Waals surface area contributed by atoms with Gasteiger partial charge in [-0.2, -0.15) is 0 Å². The fourth-order valence-electron chi connectivity index (χ4n) is 4.18. The predicted octanol–water partition coefficient (Wildman–Crippen LogP) is 1.57. The minimum Gasteiger partial charge on any atom is -0.384 e. The largest absolute Gasteiger partial charge is 0.384 e. The van der Waals surface area contributed by atoms with Crippen LogP contribution >= 0.6 is 0 Å². The summed E-state index contributed by atoms with van der Waals surface area (Å²) in [4.78, 5) is 41.0. The Bertz CT molecular complexity index is 1180. The van der Waals surface area contributed by atoms with E-state index in [0.29, 0.717) is 22.5 Å². The van der Waals surface area contributed by atoms with Crippen molar-refractivity contribution >= 4 is 34.9 Å². The first kappa shape index (κ1) is 26.2. The summed E-state index contributed by atoms with van der Waals surface area (Å²) in [5, 5.41) is 20.4. The molecule has 2 saturated heterocycles. The first-order chi connectivity index (χ1) is 17.6. The minimum atomic E-state index is -2.75. The number of rotatable bonds is 6. The lowest BCUT2D eigenvalue weighted by molar-refractivity contribution is -0.150. The van der Waals surface area contributed by atoms with Crippen molar-refractivity contribution in [2.75, 3.05) is 36.5 Å². The molecule has 0 saturated carbocycles. The SMILES string of the molecule is N=C(N)c1ccc(NC(=O)[C@H](O)[C@H]2OCCN(c3ccc(C(=O)N4CCC(F)(F)CC4)cc3)C2=O)cc1. The van der Waals surface area contributed by atoms with E-state index >= 15 is 0 Å². The number of piperidine rings is 1. The fraction of sp³-hybridized carbons (Fsp3) is 0.360. The van der Waals surface area contributed by atoms with Gasteiger partial charge in [-0.1, -0.05) is 0 Å². The van der Waals surface area contributed by atoms with E-state index < -0.39 is 29.9 Å². The number of carbonyl (C=O) groups is 3. The van der Waals surface area contributed by atoms with E-state index in [0.717, 1.165) is 0 Å². The molecule has 2 aliphatic heterocycles. The number of anilines is 2. The fourth-order valence-corrected chi connectivity index (χ4v) is 4.18. The number of nitrogens with one attached hydrogen (secondary N) is 2. The molecule has 12 heteroatoms. The van der Waals surface area contributed by atoms with Gasteiger partial charge in [-0.25, -0.2) is 8.78 Å². The molecule has 0 radical (unpaired) electrons. The van der Waals surface area contributed by atoms with Crippen molar-refractivity contribution in [3.8, 4) is 0 Å². The number of amidine groups is 1. The summed E-state index contributed by atoms with van der Waals surface area (Å²) >= 11 is 0. The van der Waals surface area contributed by atoms with Crippen molar-refractivity contribution < 1.29 is 33.0 Å². The van der Waals surface area contributed by atoms with Gasteiger partial charge in [0.05, 0.1) is 6.61 Å². The highest BCUT2D eigenvalue weighted by molar-refractivity contribution is 6.04. The number of hydrogen-bond donors (Lipinski definition) is 4. The lowest BCUT2D eigenvalue weighted by Crippen LogP contribution is -2.55. The molecule has 2 aromatic carbocycles. The van der Waals surface area contributed by atoms with Crippen molar-refractivity contribution in [2.45, 2.75) is 31.0 Å². The number of morpholine rings is 1. The number of carbonyl (C=O) groups excluding carboxylic acids is 3. The molecule has 37 heavy (non-hydrogen) atoms. The summed E-state index contributed by atoms with van der Waals surface area (Å²) in [6, 6.07) is 12.2. The van der Waals surface area contributed by atoms with E-state index in [1.807, 2.05) is 0 Å². The van der Waals surface area contributed by atoms with Crippen molar-refractivity contribution in [1.29, 1.82) is 5.41 Å². The Morgan fingerprint density at radius 2 is 1.65 bits per heavy atom. The number of halogens is 2. The number of alkyl halides is 2. The Balaban J connectivity index is 1.39. The highest BCUT2D eigenvalue weighted by Gasteiger charge is 2.40. The number of aliphatic hydroxyl groups excluding tert-OH is 1. The van der Waals surface area contributed by atoms with E-state index in [9.17, 15) is 28.3 Å². The third kappa shape index (κ3) is 5.92. The lowest BCUT2D eigenvalue weighted by atomic mass is 10.0. The zero-order valence-corrected chi connectivity index (χ0v) is 19.8. The van der Waals surface area contributed by atoms with Crippen LogP contribution in [0.2, 0.25) is 0 Å². The number of aliphatic hydroxyl groups is 1. The monoisotopic (exact) mass is 515 g/mol. The van der Waals surface area contributed by atoms with Gasteiger partial charge in [-0.05, 0) is 48.5 Å². The third-order valence-corrected chi connectivity index (χ3v) is 6.35. The van der Waals surface area contributed by atoms with Crippen LogP contribution in [0.15, 0.2) is 48.5 Å². The second-order valence-electron chi connectivity index (χ2n) is 8.90. The average molecular weight is 516 g/mol. The summed E-state index contributed by atoms with van der Waals surface area (Å²) in [6.45, 7) is 0.178. The number of nitrogen functional groups attached to an aromatic ring is 1. The van der Waals surface area contributed by atoms with Crippen LogP contribution in [0.25, 0.3) is 0 Å². The van der Waals surface area contributed by atoms with Crippen LogP contribution in [0.1, 0.15) is 28.8 Å². The van der Waals surface area contributed by atoms with Gasteiger partial charge in [0.2, 0.25) is 0 Å². The number of benzene rings is 2. The summed E-state index contributed by atoms with van der Waals surface area (Å²) in [6.07, 6.45) is -3.98. The van der Waals surface area contributed by atoms with Gasteiger partial charge in [0, 0.05) is 55.0 Å². The van der Waals surface area contributed by atoms with Gasteiger partial charge in [0.1, 0.15) is 5.84 Å². The molecule has 2 fully saturated rings. The van der Waals surface area contributed by atoms with Crippen molar-refractivity contribution in [2.24, 2.45) is 5.73 Å². The zero-order chi connectivity index (χ0) is 26.7. The van der Waals surface area contributed by atoms with Crippen LogP contribution in [-0.2, 0) is 14.3 Å². The van der Waals surface area contributed by atoms with E-state index in [4.69, 9.17) is 15.9 Å². The molecule has 0 bridgehead atoms. The summed E-state index contributed by atoms with van der Waals surface area (Å²) < 4.78 is 32.2. The number of nitrogens with two attached hydrogens (primary N) is 1. The molecule has 196 valence electrons. The average Bonchev–Trinajstić information content (AvgIpc) is 2.88. The molecule has 2 heterocycles. The smallest absolute Gasteiger partial charge is 0.259 e. The van der Waals surface area contributed by atoms with Gasteiger partial charge in [-0.3, -0.25) is 19.8 Å². The molecule has 0 aromatic heterocycles. The van der Waals surface area contributed by atoms with Gasteiger partial charge < -0.3 is 30.7 Å². The van der Waals surface area contributed by atoms with Crippen LogP contribution in [0.4, 0.5) is 20.2 Å². The Morgan fingerprint density at radius 1 is 1.05 bits per heavy atom. The number of nitrogens with zero attached hydrogens (tertiary/aromatic N) is 2. The molecular formula is C25H27F2N5O5. The molecule has 0 unspecified atom stereocenters. The molecular weight excluding hydrogens is 488 g/mol. The van der Waals surface area contributed by atoms with Gasteiger partial charge in [0.25, 0.3) is 23.6 Å². The van der Waals surface area contributed by atoms with E-state index in [1.54, 1.807) is 12.1 Å². The van der Waals surface area contributed by atoms with Crippen molar-refractivity contribution in [3.05, 3.63) is 59.7 Å². The summed E-state index contributed by atoms with van der Waals surface area (Å²) in [7, 11) is 0. The van der Waals surface area contributed by atoms with Crippen LogP contribution in [0.3, 0.4) is 0 Å². The molecule has 2 aromatic rings. The minimum absolute atomic E-state index is 0.0297. The standard InChI is InChI=1S/C25H27F2N5O5/c26-25(27)9-11-31(12-10-25)23(35)16-3-7-18(8-4-16)32-13-14-37-20(24(32)36)19(33)22(34)30-17-5-1-15(2-6-17)21(28)29/h1-8,19-20,33H,9-14H2,(H3,28,29)(H,30,34)/t19-,20-/m1/s1. The zero-order valence-electron chi connectivity index (χ0n) is 19.8. The number of hydrogen-bond acceptors (Lipinski definition) is 6. The van der Waals surface area contributed by atoms with Crippen LogP contribution in [0.5, 0.6) is 0 Å². The van der Waals surface area contributed by atoms with E-state index in [2.05, 4.69) is 5.32 Å². The second-order valence-corrected chi connectivity index (χ2v) is 8.90. The first-order valence-corrected chi connectivity index (χ1v) is 11.7. The number of amides is 3. The maximum absolute atomic E-state index is 13.4. The molecule has 2 aliphatic rings. The molecule has 5 N–H and O–H groups in total. The van der Waals surface area contributed by atoms with Gasteiger partial charge >= 0.3 is 0 Å². The first-order valence-electron chi connectivity index (χ1n) is 11.7. The van der Waals surface area contributed by atoms with E-state index in [-0.39, 0.29) is 50.8 Å². The van der Waals surface area contributed by atoms with Crippen molar-refractivity contribution in [3.63, 3.8) is 0 Å². The van der Waals surface area contributed by atoms with Crippen LogP contribution in [0, 0.1) is 5.41 Å². The highest BCUT2D eigenvalue weighted by atomic mass is 19.3. The highest BCUT2D eigenvalue weighted by Crippen LogP contribution is 2.29. The Hall–Kier alpha value is -3.90. The maximum Gasteiger partial charge on any atom is 0.259 e. The number of ether oxygens (including phenoxy) is 1. The molecule has 2 atom stereocenters. The maximum atomic E-state index is 13.4. The normalized spacial score (nSPS) is 20.3. The molecule has 3 amide bonds. The lowest BCUT2D eigenvalue weighted by Gasteiger charge is -2.34. The Morgan fingerprint density at radius 3 is 2.24 bits per heavy atom. The molecule has 0 spiro atoms. The summed E-state index contributed by atoms with van der Waals surface area (Å²) in [5.41, 5.74) is 6.95. The molecule has 10 nitrogen and oxygen atoms in total. The second kappa shape index (κ2) is 10.6. The van der Waals surface area contributed by atoms with E-state index in [1.165, 1.54) is 46.2 Å². The third-order valence-electron chi connectivity index (χ3n) is 6.35. The topological polar surface area (TPSA) is 149 Å². The summed E-state index contributed by atoms with van der Waals surface area (Å²) in [5.74, 6) is -4.72. The van der Waals surface area contributed by atoms with Crippen LogP contribution < -0.4 is 16.0 Å². The Labute approximate surface area is 211 Å². The van der Waals surface area contributed by atoms with Gasteiger partial charge in [0.15, 0.2) is 12.2 Å². The number of likely N-dealkylation sites (tertiary alicyclic amines) is 1. The predicted molar refractivity (Wildman–Crippen MR) is 131 cm³/mol. The van der Waals surface area contributed by atoms with Gasteiger partial charge in [-0.15, -0.1) is 0 Å². The molecule has 4 rings (SSSR count). The molecule has 0 aliphatic carbocycles. The Kier molecular flexibility index (Phi) is 7.50.